The van der Waals surface area contributed by atoms with Gasteiger partial charge >= 0.3 is 0 Å². The molecule has 0 spiro atoms. The largest absolute Gasteiger partial charge is 0.508 e. The van der Waals surface area contributed by atoms with Gasteiger partial charge in [-0.25, -0.2) is 0 Å². The van der Waals surface area contributed by atoms with Crippen molar-refractivity contribution in [1.29, 1.82) is 0 Å². The van der Waals surface area contributed by atoms with E-state index in [1.807, 2.05) is 6.92 Å². The molecule has 0 saturated carbocycles. The number of rotatable bonds is 4. The van der Waals surface area contributed by atoms with E-state index in [9.17, 15) is 10.2 Å². The second-order valence-corrected chi connectivity index (χ2v) is 4.00. The SMILES string of the molecule is CCOc1cc(O)ccc1-c1ccc(O)c(OC)c1. The number of ether oxygens (including phenoxy) is 2. The zero-order chi connectivity index (χ0) is 13.8. The summed E-state index contributed by atoms with van der Waals surface area (Å²) in [4.78, 5) is 0. The number of aromatic hydroxyl groups is 2. The molecule has 2 aromatic carbocycles. The lowest BCUT2D eigenvalue weighted by Crippen LogP contribution is -1.94. The van der Waals surface area contributed by atoms with Crippen LogP contribution < -0.4 is 9.47 Å². The Morgan fingerprint density at radius 2 is 1.79 bits per heavy atom. The molecule has 0 saturated heterocycles. The van der Waals surface area contributed by atoms with Crippen LogP contribution in [0.1, 0.15) is 6.92 Å². The maximum absolute atomic E-state index is 9.60. The monoisotopic (exact) mass is 260 g/mol. The molecule has 4 nitrogen and oxygen atoms in total. The first-order valence-corrected chi connectivity index (χ1v) is 5.99. The van der Waals surface area contributed by atoms with Crippen molar-refractivity contribution in [2.24, 2.45) is 0 Å². The van der Waals surface area contributed by atoms with Gasteiger partial charge in [-0.3, -0.25) is 0 Å². The molecule has 0 aliphatic rings. The summed E-state index contributed by atoms with van der Waals surface area (Å²) in [6.45, 7) is 2.39. The van der Waals surface area contributed by atoms with Gasteiger partial charge in [0.15, 0.2) is 11.5 Å². The van der Waals surface area contributed by atoms with Gasteiger partial charge < -0.3 is 19.7 Å². The van der Waals surface area contributed by atoms with Crippen molar-refractivity contribution in [3.05, 3.63) is 36.4 Å². The van der Waals surface area contributed by atoms with Crippen LogP contribution in [-0.2, 0) is 0 Å². The van der Waals surface area contributed by atoms with Crippen LogP contribution in [0.2, 0.25) is 0 Å². The fourth-order valence-electron chi connectivity index (χ4n) is 1.87. The number of phenols is 2. The second-order valence-electron chi connectivity index (χ2n) is 4.00. The zero-order valence-electron chi connectivity index (χ0n) is 10.9. The van der Waals surface area contributed by atoms with Crippen LogP contribution >= 0.6 is 0 Å². The Morgan fingerprint density at radius 3 is 2.47 bits per heavy atom. The van der Waals surface area contributed by atoms with Crippen LogP contribution in [0.4, 0.5) is 0 Å². The van der Waals surface area contributed by atoms with Crippen LogP contribution in [-0.4, -0.2) is 23.9 Å². The van der Waals surface area contributed by atoms with Crippen molar-refractivity contribution in [1.82, 2.24) is 0 Å². The summed E-state index contributed by atoms with van der Waals surface area (Å²) in [6.07, 6.45) is 0. The molecule has 0 aliphatic heterocycles. The Bertz CT molecular complexity index is 578. The van der Waals surface area contributed by atoms with Crippen molar-refractivity contribution in [2.75, 3.05) is 13.7 Å². The summed E-state index contributed by atoms with van der Waals surface area (Å²) in [5, 5.41) is 19.1. The minimum absolute atomic E-state index is 0.0861. The van der Waals surface area contributed by atoms with Gasteiger partial charge in [-0.1, -0.05) is 6.07 Å². The average molecular weight is 260 g/mol. The lowest BCUT2D eigenvalue weighted by atomic mass is 10.0. The summed E-state index contributed by atoms with van der Waals surface area (Å²) < 4.78 is 10.6. The average Bonchev–Trinajstić information content (AvgIpc) is 2.40. The van der Waals surface area contributed by atoms with Crippen molar-refractivity contribution >= 4 is 0 Å². The van der Waals surface area contributed by atoms with E-state index in [4.69, 9.17) is 9.47 Å². The smallest absolute Gasteiger partial charge is 0.161 e. The molecule has 0 fully saturated rings. The number of phenolic OH excluding ortho intramolecular Hbond substituents is 2. The van der Waals surface area contributed by atoms with Crippen molar-refractivity contribution in [3.63, 3.8) is 0 Å². The van der Waals surface area contributed by atoms with E-state index in [-0.39, 0.29) is 11.5 Å². The number of hydrogen-bond acceptors (Lipinski definition) is 4. The highest BCUT2D eigenvalue weighted by molar-refractivity contribution is 5.73. The van der Waals surface area contributed by atoms with Gasteiger partial charge in [0.1, 0.15) is 11.5 Å². The van der Waals surface area contributed by atoms with Crippen molar-refractivity contribution in [2.45, 2.75) is 6.92 Å². The van der Waals surface area contributed by atoms with E-state index in [1.165, 1.54) is 7.11 Å². The zero-order valence-corrected chi connectivity index (χ0v) is 10.9. The Kier molecular flexibility index (Phi) is 3.80. The van der Waals surface area contributed by atoms with E-state index >= 15 is 0 Å². The maximum Gasteiger partial charge on any atom is 0.161 e. The fraction of sp³-hybridized carbons (Fsp3) is 0.200. The van der Waals surface area contributed by atoms with Crippen molar-refractivity contribution < 1.29 is 19.7 Å². The number of hydrogen-bond donors (Lipinski definition) is 2. The third kappa shape index (κ3) is 2.73. The molecule has 0 aromatic heterocycles. The first-order chi connectivity index (χ1) is 9.15. The number of benzene rings is 2. The number of methoxy groups -OCH3 is 1. The third-order valence-corrected chi connectivity index (χ3v) is 2.76. The minimum Gasteiger partial charge on any atom is -0.508 e. The molecule has 0 atom stereocenters. The van der Waals surface area contributed by atoms with Gasteiger partial charge in [-0.15, -0.1) is 0 Å². The molecule has 0 heterocycles. The summed E-state index contributed by atoms with van der Waals surface area (Å²) in [5.41, 5.74) is 1.68. The van der Waals surface area contributed by atoms with E-state index < -0.39 is 0 Å². The molecule has 0 amide bonds. The summed E-state index contributed by atoms with van der Waals surface area (Å²) in [7, 11) is 1.50. The Labute approximate surface area is 111 Å². The van der Waals surface area contributed by atoms with E-state index in [0.29, 0.717) is 18.1 Å². The van der Waals surface area contributed by atoms with E-state index in [0.717, 1.165) is 11.1 Å². The normalized spacial score (nSPS) is 10.2. The Balaban J connectivity index is 2.51. The highest BCUT2D eigenvalue weighted by Crippen LogP contribution is 2.37. The van der Waals surface area contributed by atoms with Gasteiger partial charge in [0.05, 0.1) is 13.7 Å². The molecule has 0 radical (unpaired) electrons. The van der Waals surface area contributed by atoms with Gasteiger partial charge in [0, 0.05) is 11.6 Å². The van der Waals surface area contributed by atoms with Crippen LogP contribution in [0.3, 0.4) is 0 Å². The van der Waals surface area contributed by atoms with E-state index in [1.54, 1.807) is 36.4 Å². The predicted octanol–water partition coefficient (Wildman–Crippen LogP) is 3.17. The fourth-order valence-corrected chi connectivity index (χ4v) is 1.87. The molecule has 0 unspecified atom stereocenters. The predicted molar refractivity (Wildman–Crippen MR) is 72.9 cm³/mol. The molecule has 4 heteroatoms. The molecule has 19 heavy (non-hydrogen) atoms. The third-order valence-electron chi connectivity index (χ3n) is 2.76. The topological polar surface area (TPSA) is 58.9 Å². The summed E-state index contributed by atoms with van der Waals surface area (Å²) in [6, 6.07) is 10.00. The van der Waals surface area contributed by atoms with E-state index in [2.05, 4.69) is 0 Å². The maximum atomic E-state index is 9.60. The van der Waals surface area contributed by atoms with Crippen LogP contribution in [0, 0.1) is 0 Å². The lowest BCUT2D eigenvalue weighted by molar-refractivity contribution is 0.339. The molecule has 100 valence electrons. The summed E-state index contributed by atoms with van der Waals surface area (Å²) in [5.74, 6) is 1.23. The molecule has 2 aromatic rings. The first-order valence-electron chi connectivity index (χ1n) is 5.99. The van der Waals surface area contributed by atoms with Crippen LogP contribution in [0.25, 0.3) is 11.1 Å². The molecule has 2 N–H and O–H groups in total. The minimum atomic E-state index is 0.0861. The summed E-state index contributed by atoms with van der Waals surface area (Å²) >= 11 is 0. The van der Waals surface area contributed by atoms with Crippen molar-refractivity contribution in [3.8, 4) is 34.1 Å². The Morgan fingerprint density at radius 1 is 1.00 bits per heavy atom. The quantitative estimate of drug-likeness (QED) is 0.886. The van der Waals surface area contributed by atoms with Crippen LogP contribution in [0.5, 0.6) is 23.0 Å². The standard InChI is InChI=1S/C15H16O4/c1-3-19-14-9-11(16)5-6-12(14)10-4-7-13(17)15(8-10)18-2/h4-9,16-17H,3H2,1-2H3. The highest BCUT2D eigenvalue weighted by Gasteiger charge is 2.10. The Hall–Kier alpha value is -2.36. The van der Waals surface area contributed by atoms with Gasteiger partial charge in [0.25, 0.3) is 0 Å². The molecular formula is C15H16O4. The molecular weight excluding hydrogens is 244 g/mol. The molecule has 2 rings (SSSR count). The van der Waals surface area contributed by atoms with Gasteiger partial charge in [0.2, 0.25) is 0 Å². The molecule has 0 bridgehead atoms. The van der Waals surface area contributed by atoms with Crippen LogP contribution in [0.15, 0.2) is 36.4 Å². The van der Waals surface area contributed by atoms with Gasteiger partial charge in [-0.05, 0) is 36.8 Å². The molecule has 0 aliphatic carbocycles. The highest BCUT2D eigenvalue weighted by atomic mass is 16.5. The lowest BCUT2D eigenvalue weighted by Gasteiger charge is -2.12. The second kappa shape index (κ2) is 5.52. The first kappa shape index (κ1) is 13.1. The van der Waals surface area contributed by atoms with Gasteiger partial charge in [-0.2, -0.15) is 0 Å².